The molecule has 0 saturated carbocycles. The number of ether oxygens (including phenoxy) is 1. The van der Waals surface area contributed by atoms with E-state index in [-0.39, 0.29) is 6.04 Å². The highest BCUT2D eigenvalue weighted by atomic mass is 16.5. The van der Waals surface area contributed by atoms with Gasteiger partial charge in [-0.1, -0.05) is 6.07 Å². The molecule has 1 atom stereocenters. The number of likely N-dealkylation sites (N-methyl/N-ethyl adjacent to an activating group) is 1. The summed E-state index contributed by atoms with van der Waals surface area (Å²) < 4.78 is 5.65. The third kappa shape index (κ3) is 4.21. The van der Waals surface area contributed by atoms with Crippen LogP contribution in [0.3, 0.4) is 0 Å². The fraction of sp³-hybridized carbons (Fsp3) is 0.538. The molecule has 0 bridgehead atoms. The predicted octanol–water partition coefficient (Wildman–Crippen LogP) is 1.57. The second kappa shape index (κ2) is 5.87. The third-order valence-electron chi connectivity index (χ3n) is 2.54. The Morgan fingerprint density at radius 2 is 1.94 bits per heavy atom. The Balaban J connectivity index is 2.45. The molecule has 0 heterocycles. The van der Waals surface area contributed by atoms with Gasteiger partial charge in [-0.3, -0.25) is 0 Å². The van der Waals surface area contributed by atoms with Crippen LogP contribution in [0.4, 0.5) is 0 Å². The Morgan fingerprint density at radius 1 is 1.25 bits per heavy atom. The lowest BCUT2D eigenvalue weighted by atomic mass is 10.1. The minimum Gasteiger partial charge on any atom is -0.492 e. The average molecular weight is 222 g/mol. The Morgan fingerprint density at radius 3 is 2.50 bits per heavy atom. The van der Waals surface area contributed by atoms with Crippen molar-refractivity contribution in [3.8, 4) is 5.75 Å². The summed E-state index contributed by atoms with van der Waals surface area (Å²) in [4.78, 5) is 2.06. The van der Waals surface area contributed by atoms with E-state index in [0.717, 1.165) is 12.3 Å². The second-order valence-corrected chi connectivity index (χ2v) is 4.58. The molecule has 2 N–H and O–H groups in total. The SMILES string of the molecule is Cc1ccc(OCC(N)CN(C)C)cc1C. The smallest absolute Gasteiger partial charge is 0.119 e. The van der Waals surface area contributed by atoms with Crippen LogP contribution in [0.1, 0.15) is 11.1 Å². The Hall–Kier alpha value is -1.06. The lowest BCUT2D eigenvalue weighted by molar-refractivity contribution is 0.254. The van der Waals surface area contributed by atoms with Crippen molar-refractivity contribution in [2.45, 2.75) is 19.9 Å². The second-order valence-electron chi connectivity index (χ2n) is 4.58. The van der Waals surface area contributed by atoms with Gasteiger partial charge in [-0.25, -0.2) is 0 Å². The van der Waals surface area contributed by atoms with E-state index in [1.807, 2.05) is 20.2 Å². The molecule has 3 nitrogen and oxygen atoms in total. The van der Waals surface area contributed by atoms with Gasteiger partial charge in [0.15, 0.2) is 0 Å². The molecule has 0 spiro atoms. The summed E-state index contributed by atoms with van der Waals surface area (Å²) in [6, 6.07) is 6.17. The molecule has 0 aromatic heterocycles. The van der Waals surface area contributed by atoms with Crippen molar-refractivity contribution in [1.82, 2.24) is 4.90 Å². The zero-order chi connectivity index (χ0) is 12.1. The van der Waals surface area contributed by atoms with E-state index in [1.165, 1.54) is 11.1 Å². The van der Waals surface area contributed by atoms with E-state index in [1.54, 1.807) is 0 Å². The molecule has 16 heavy (non-hydrogen) atoms. The zero-order valence-corrected chi connectivity index (χ0v) is 10.7. The predicted molar refractivity (Wildman–Crippen MR) is 67.9 cm³/mol. The normalized spacial score (nSPS) is 12.9. The third-order valence-corrected chi connectivity index (χ3v) is 2.54. The number of nitrogens with zero attached hydrogens (tertiary/aromatic N) is 1. The van der Waals surface area contributed by atoms with E-state index in [4.69, 9.17) is 10.5 Å². The number of hydrogen-bond acceptors (Lipinski definition) is 3. The van der Waals surface area contributed by atoms with E-state index >= 15 is 0 Å². The van der Waals surface area contributed by atoms with Gasteiger partial charge in [0.1, 0.15) is 12.4 Å². The van der Waals surface area contributed by atoms with Crippen LogP contribution in [-0.4, -0.2) is 38.2 Å². The van der Waals surface area contributed by atoms with Gasteiger partial charge in [0.2, 0.25) is 0 Å². The molecule has 1 aromatic rings. The van der Waals surface area contributed by atoms with Gasteiger partial charge >= 0.3 is 0 Å². The largest absolute Gasteiger partial charge is 0.492 e. The van der Waals surface area contributed by atoms with Gasteiger partial charge in [0.25, 0.3) is 0 Å². The van der Waals surface area contributed by atoms with E-state index < -0.39 is 0 Å². The van der Waals surface area contributed by atoms with E-state index in [9.17, 15) is 0 Å². The number of benzene rings is 1. The van der Waals surface area contributed by atoms with Crippen molar-refractivity contribution in [3.05, 3.63) is 29.3 Å². The Bertz CT molecular complexity index is 337. The van der Waals surface area contributed by atoms with Crippen LogP contribution >= 0.6 is 0 Å². The molecule has 0 fully saturated rings. The quantitative estimate of drug-likeness (QED) is 0.822. The van der Waals surface area contributed by atoms with Crippen molar-refractivity contribution in [2.75, 3.05) is 27.2 Å². The highest BCUT2D eigenvalue weighted by Gasteiger charge is 2.05. The molecular weight excluding hydrogens is 200 g/mol. The lowest BCUT2D eigenvalue weighted by Gasteiger charge is -2.17. The molecule has 0 saturated heterocycles. The summed E-state index contributed by atoms with van der Waals surface area (Å²) in [7, 11) is 4.02. The maximum Gasteiger partial charge on any atom is 0.119 e. The maximum atomic E-state index is 5.92. The van der Waals surface area contributed by atoms with Crippen LogP contribution in [0.25, 0.3) is 0 Å². The molecule has 0 aliphatic rings. The number of rotatable bonds is 5. The van der Waals surface area contributed by atoms with E-state index in [2.05, 4.69) is 30.9 Å². The van der Waals surface area contributed by atoms with Gasteiger partial charge in [0, 0.05) is 6.54 Å². The van der Waals surface area contributed by atoms with Crippen molar-refractivity contribution in [3.63, 3.8) is 0 Å². The standard InChI is InChI=1S/C13H22N2O/c1-10-5-6-13(7-11(10)2)16-9-12(14)8-15(3)4/h5-7,12H,8-9,14H2,1-4H3. The van der Waals surface area contributed by atoms with Crippen molar-refractivity contribution < 1.29 is 4.74 Å². The fourth-order valence-corrected chi connectivity index (χ4v) is 1.53. The van der Waals surface area contributed by atoms with Gasteiger partial charge in [-0.15, -0.1) is 0 Å². The molecule has 1 rings (SSSR count). The van der Waals surface area contributed by atoms with Crippen LogP contribution in [0.2, 0.25) is 0 Å². The monoisotopic (exact) mass is 222 g/mol. The summed E-state index contributed by atoms with van der Waals surface area (Å²) in [5, 5.41) is 0. The zero-order valence-electron chi connectivity index (χ0n) is 10.7. The summed E-state index contributed by atoms with van der Waals surface area (Å²) in [6.45, 7) is 5.57. The van der Waals surface area contributed by atoms with Gasteiger partial charge in [0.05, 0.1) is 6.04 Å². The molecular formula is C13H22N2O. The molecule has 90 valence electrons. The van der Waals surface area contributed by atoms with Crippen LogP contribution < -0.4 is 10.5 Å². The van der Waals surface area contributed by atoms with Crippen LogP contribution in [0, 0.1) is 13.8 Å². The Kier molecular flexibility index (Phi) is 4.77. The Labute approximate surface area is 98.2 Å². The summed E-state index contributed by atoms with van der Waals surface area (Å²) in [5.74, 6) is 0.900. The van der Waals surface area contributed by atoms with Gasteiger partial charge in [-0.05, 0) is 51.2 Å². The molecule has 0 aliphatic carbocycles. The fourth-order valence-electron chi connectivity index (χ4n) is 1.53. The minimum atomic E-state index is 0.0524. The lowest BCUT2D eigenvalue weighted by Crippen LogP contribution is -2.37. The van der Waals surface area contributed by atoms with Crippen LogP contribution in [-0.2, 0) is 0 Å². The molecule has 3 heteroatoms. The highest BCUT2D eigenvalue weighted by Crippen LogP contribution is 2.16. The number of aryl methyl sites for hydroxylation is 2. The van der Waals surface area contributed by atoms with Gasteiger partial charge in [-0.2, -0.15) is 0 Å². The minimum absolute atomic E-state index is 0.0524. The maximum absolute atomic E-state index is 5.92. The van der Waals surface area contributed by atoms with Gasteiger partial charge < -0.3 is 15.4 Å². The topological polar surface area (TPSA) is 38.5 Å². The number of nitrogens with two attached hydrogens (primary N) is 1. The molecule has 1 unspecified atom stereocenters. The van der Waals surface area contributed by atoms with E-state index in [0.29, 0.717) is 6.61 Å². The first-order valence-corrected chi connectivity index (χ1v) is 5.59. The first-order chi connectivity index (χ1) is 7.49. The molecule has 1 aromatic carbocycles. The first-order valence-electron chi connectivity index (χ1n) is 5.59. The van der Waals surface area contributed by atoms with Crippen molar-refractivity contribution >= 4 is 0 Å². The molecule has 0 amide bonds. The molecule has 0 radical (unpaired) electrons. The summed E-state index contributed by atoms with van der Waals surface area (Å²) >= 11 is 0. The van der Waals surface area contributed by atoms with Crippen LogP contribution in [0.5, 0.6) is 5.75 Å². The van der Waals surface area contributed by atoms with Crippen molar-refractivity contribution in [1.29, 1.82) is 0 Å². The summed E-state index contributed by atoms with van der Waals surface area (Å²) in [5.41, 5.74) is 8.45. The molecule has 0 aliphatic heterocycles. The first kappa shape index (κ1) is 13.0. The van der Waals surface area contributed by atoms with Crippen LogP contribution in [0.15, 0.2) is 18.2 Å². The van der Waals surface area contributed by atoms with Crippen molar-refractivity contribution in [2.24, 2.45) is 5.73 Å². The summed E-state index contributed by atoms with van der Waals surface area (Å²) in [6.07, 6.45) is 0. The highest BCUT2D eigenvalue weighted by molar-refractivity contribution is 5.33. The average Bonchev–Trinajstić information content (AvgIpc) is 2.19. The number of hydrogen-bond donors (Lipinski definition) is 1.